The van der Waals surface area contributed by atoms with E-state index in [-0.39, 0.29) is 0 Å². The zero-order valence-corrected chi connectivity index (χ0v) is 11.2. The van der Waals surface area contributed by atoms with Crippen molar-refractivity contribution in [2.45, 2.75) is 19.3 Å². The van der Waals surface area contributed by atoms with Gasteiger partial charge in [-0.25, -0.2) is 0 Å². The summed E-state index contributed by atoms with van der Waals surface area (Å²) in [5.41, 5.74) is 0.793. The van der Waals surface area contributed by atoms with E-state index in [0.29, 0.717) is 31.2 Å². The first kappa shape index (κ1) is 14.2. The lowest BCUT2D eigenvalue weighted by atomic mass is 9.99. The minimum absolute atomic E-state index is 0.368. The van der Waals surface area contributed by atoms with Gasteiger partial charge in [-0.3, -0.25) is 4.79 Å². The molecule has 0 amide bonds. The first-order valence-corrected chi connectivity index (χ1v) is 6.44. The third-order valence-corrected chi connectivity index (χ3v) is 2.93. The van der Waals surface area contributed by atoms with Crippen LogP contribution in [-0.4, -0.2) is 34.3 Å². The molecule has 1 unspecified atom stereocenters. The molecule has 0 aliphatic carbocycles. The largest absolute Gasteiger partial charge is 0.481 e. The molecule has 6 heteroatoms. The normalized spacial score (nSPS) is 12.2. The van der Waals surface area contributed by atoms with Crippen molar-refractivity contribution in [2.75, 3.05) is 13.1 Å². The van der Waals surface area contributed by atoms with Crippen LogP contribution in [0.5, 0.6) is 0 Å². The molecule has 0 fully saturated rings. The number of benzene rings is 1. The Hall–Kier alpha value is -2.21. The Bertz CT molecular complexity index is 554. The van der Waals surface area contributed by atoms with Crippen molar-refractivity contribution < 1.29 is 14.4 Å². The lowest BCUT2D eigenvalue weighted by molar-refractivity contribution is -0.138. The van der Waals surface area contributed by atoms with Gasteiger partial charge in [-0.1, -0.05) is 35.5 Å². The molecular formula is C14H17N3O3. The molecule has 0 saturated carbocycles. The highest BCUT2D eigenvalue weighted by Crippen LogP contribution is 2.14. The van der Waals surface area contributed by atoms with Crippen LogP contribution in [0.25, 0.3) is 0 Å². The minimum atomic E-state index is -0.836. The van der Waals surface area contributed by atoms with E-state index in [0.717, 1.165) is 5.56 Å². The molecule has 0 aliphatic heterocycles. The number of aliphatic carboxylic acids is 1. The van der Waals surface area contributed by atoms with Crippen molar-refractivity contribution in [3.63, 3.8) is 0 Å². The van der Waals surface area contributed by atoms with E-state index in [1.54, 1.807) is 6.92 Å². The lowest BCUT2D eigenvalue weighted by Gasteiger charge is -2.13. The van der Waals surface area contributed by atoms with E-state index < -0.39 is 11.9 Å². The third kappa shape index (κ3) is 3.89. The summed E-state index contributed by atoms with van der Waals surface area (Å²) in [5.74, 6) is -0.229. The fourth-order valence-electron chi connectivity index (χ4n) is 1.92. The number of hydrogen-bond acceptors (Lipinski definition) is 5. The van der Waals surface area contributed by atoms with Crippen LogP contribution in [0.2, 0.25) is 0 Å². The molecule has 0 aliphatic rings. The Balaban J connectivity index is 1.83. The van der Waals surface area contributed by atoms with E-state index >= 15 is 0 Å². The quantitative estimate of drug-likeness (QED) is 0.742. The van der Waals surface area contributed by atoms with Crippen molar-refractivity contribution in [1.29, 1.82) is 0 Å². The molecule has 0 saturated heterocycles. The standard InChI is InChI=1S/C14H17N3O3/c1-10-16-13(20-17-10)7-8-15-9-12(14(18)19)11-5-3-2-4-6-11/h2-6,12,15H,7-9H2,1H3,(H,18,19). The monoisotopic (exact) mass is 275 g/mol. The Morgan fingerprint density at radius 3 is 2.75 bits per heavy atom. The highest BCUT2D eigenvalue weighted by molar-refractivity contribution is 5.76. The number of carboxylic acids is 1. The molecule has 106 valence electrons. The smallest absolute Gasteiger partial charge is 0.312 e. The number of nitrogens with zero attached hydrogens (tertiary/aromatic N) is 2. The molecule has 0 spiro atoms. The van der Waals surface area contributed by atoms with Crippen molar-refractivity contribution in [1.82, 2.24) is 15.5 Å². The maximum atomic E-state index is 11.3. The van der Waals surface area contributed by atoms with Gasteiger partial charge in [-0.05, 0) is 12.5 Å². The molecule has 1 heterocycles. The van der Waals surface area contributed by atoms with Gasteiger partial charge in [0, 0.05) is 19.5 Å². The second-order valence-corrected chi connectivity index (χ2v) is 4.49. The van der Waals surface area contributed by atoms with Crippen LogP contribution >= 0.6 is 0 Å². The zero-order chi connectivity index (χ0) is 14.4. The number of carbonyl (C=O) groups is 1. The molecular weight excluding hydrogens is 258 g/mol. The molecule has 1 atom stereocenters. The van der Waals surface area contributed by atoms with Gasteiger partial charge < -0.3 is 14.9 Å². The maximum absolute atomic E-state index is 11.3. The molecule has 1 aromatic heterocycles. The van der Waals surface area contributed by atoms with E-state index in [2.05, 4.69) is 15.5 Å². The van der Waals surface area contributed by atoms with Gasteiger partial charge >= 0.3 is 5.97 Å². The van der Waals surface area contributed by atoms with Crippen LogP contribution in [0.3, 0.4) is 0 Å². The van der Waals surface area contributed by atoms with Gasteiger partial charge in [-0.2, -0.15) is 4.98 Å². The summed E-state index contributed by atoms with van der Waals surface area (Å²) in [6.45, 7) is 2.72. The van der Waals surface area contributed by atoms with E-state index in [1.807, 2.05) is 30.3 Å². The SMILES string of the molecule is Cc1noc(CCNCC(C(=O)O)c2ccccc2)n1. The Labute approximate surface area is 116 Å². The van der Waals surface area contributed by atoms with Gasteiger partial charge in [0.2, 0.25) is 5.89 Å². The number of hydrogen-bond donors (Lipinski definition) is 2. The molecule has 2 N–H and O–H groups in total. The van der Waals surface area contributed by atoms with Crippen molar-refractivity contribution >= 4 is 5.97 Å². The number of carboxylic acid groups (broad SMARTS) is 1. The minimum Gasteiger partial charge on any atom is -0.481 e. The maximum Gasteiger partial charge on any atom is 0.312 e. The predicted molar refractivity (Wildman–Crippen MR) is 72.4 cm³/mol. The number of aromatic nitrogens is 2. The van der Waals surface area contributed by atoms with Crippen LogP contribution in [0.1, 0.15) is 23.2 Å². The van der Waals surface area contributed by atoms with Gasteiger partial charge in [0.15, 0.2) is 5.82 Å². The molecule has 6 nitrogen and oxygen atoms in total. The second-order valence-electron chi connectivity index (χ2n) is 4.49. The van der Waals surface area contributed by atoms with Crippen LogP contribution in [-0.2, 0) is 11.2 Å². The van der Waals surface area contributed by atoms with Crippen molar-refractivity contribution in [3.8, 4) is 0 Å². The van der Waals surface area contributed by atoms with Gasteiger partial charge in [0.1, 0.15) is 0 Å². The molecule has 0 bridgehead atoms. The van der Waals surface area contributed by atoms with Crippen molar-refractivity contribution in [2.24, 2.45) is 0 Å². The summed E-state index contributed by atoms with van der Waals surface area (Å²) in [5, 5.41) is 16.1. The molecule has 0 radical (unpaired) electrons. The van der Waals surface area contributed by atoms with Crippen molar-refractivity contribution in [3.05, 3.63) is 47.6 Å². The van der Waals surface area contributed by atoms with Crippen LogP contribution in [0.15, 0.2) is 34.9 Å². The first-order chi connectivity index (χ1) is 9.66. The Morgan fingerprint density at radius 1 is 1.40 bits per heavy atom. The zero-order valence-electron chi connectivity index (χ0n) is 11.2. The van der Waals surface area contributed by atoms with Crippen LogP contribution < -0.4 is 5.32 Å². The number of nitrogens with one attached hydrogen (secondary N) is 1. The van der Waals surface area contributed by atoms with Crippen LogP contribution in [0.4, 0.5) is 0 Å². The average molecular weight is 275 g/mol. The van der Waals surface area contributed by atoms with E-state index in [4.69, 9.17) is 4.52 Å². The predicted octanol–water partition coefficient (Wildman–Crippen LogP) is 1.38. The Morgan fingerprint density at radius 2 is 2.15 bits per heavy atom. The number of rotatable bonds is 7. The summed E-state index contributed by atoms with van der Waals surface area (Å²) >= 11 is 0. The van der Waals surface area contributed by atoms with Gasteiger partial charge in [0.25, 0.3) is 0 Å². The summed E-state index contributed by atoms with van der Waals surface area (Å²) in [4.78, 5) is 15.4. The lowest BCUT2D eigenvalue weighted by Crippen LogP contribution is -2.28. The highest BCUT2D eigenvalue weighted by atomic mass is 16.5. The Kier molecular flexibility index (Phi) is 4.84. The molecule has 20 heavy (non-hydrogen) atoms. The molecule has 2 aromatic rings. The topological polar surface area (TPSA) is 88.2 Å². The summed E-state index contributed by atoms with van der Waals surface area (Å²) in [7, 11) is 0. The summed E-state index contributed by atoms with van der Waals surface area (Å²) in [6, 6.07) is 9.19. The molecule has 1 aromatic carbocycles. The van der Waals surface area contributed by atoms with Crippen LogP contribution in [0, 0.1) is 6.92 Å². The van der Waals surface area contributed by atoms with Gasteiger partial charge in [-0.15, -0.1) is 0 Å². The van der Waals surface area contributed by atoms with Gasteiger partial charge in [0.05, 0.1) is 5.92 Å². The van der Waals surface area contributed by atoms with E-state index in [9.17, 15) is 9.90 Å². The summed E-state index contributed by atoms with van der Waals surface area (Å²) < 4.78 is 4.99. The molecule has 2 rings (SSSR count). The third-order valence-electron chi connectivity index (χ3n) is 2.93. The average Bonchev–Trinajstić information content (AvgIpc) is 2.85. The fraction of sp³-hybridized carbons (Fsp3) is 0.357. The van der Waals surface area contributed by atoms with E-state index in [1.165, 1.54) is 0 Å². The first-order valence-electron chi connectivity index (χ1n) is 6.44. The second kappa shape index (κ2) is 6.81. The summed E-state index contributed by atoms with van der Waals surface area (Å²) in [6.07, 6.45) is 0.585. The number of aryl methyl sites for hydroxylation is 1. The highest BCUT2D eigenvalue weighted by Gasteiger charge is 2.18. The fourth-order valence-corrected chi connectivity index (χ4v) is 1.92.